The molecule has 44 heavy (non-hydrogen) atoms. The van der Waals surface area contributed by atoms with Crippen molar-refractivity contribution in [2.45, 2.75) is 37.6 Å². The van der Waals surface area contributed by atoms with Gasteiger partial charge in [0.15, 0.2) is 6.54 Å². The Kier molecular flexibility index (Phi) is 12.2. The summed E-state index contributed by atoms with van der Waals surface area (Å²) in [5.41, 5.74) is 2.89. The van der Waals surface area contributed by atoms with E-state index in [4.69, 9.17) is 4.74 Å². The Bertz CT molecular complexity index is 1950. The molecule has 0 unspecified atom stereocenters. The van der Waals surface area contributed by atoms with E-state index >= 15 is 0 Å². The minimum Gasteiger partial charge on any atom is -0.748 e. The number of benzene rings is 3. The average Bonchev–Trinajstić information content (AvgIpc) is 3.48. The van der Waals surface area contributed by atoms with Crippen LogP contribution in [-0.2, 0) is 26.8 Å². The predicted molar refractivity (Wildman–Crippen MR) is 170 cm³/mol. The van der Waals surface area contributed by atoms with E-state index in [1.54, 1.807) is 30.2 Å². The molecule has 0 amide bonds. The summed E-state index contributed by atoms with van der Waals surface area (Å²) in [7, 11) is -7.10. The molecule has 2 heterocycles. The van der Waals surface area contributed by atoms with Gasteiger partial charge in [-0.2, -0.15) is 4.57 Å². The van der Waals surface area contributed by atoms with Gasteiger partial charge in [-0.25, -0.2) is 16.8 Å². The molecule has 9 nitrogen and oxygen atoms in total. The molecule has 0 saturated heterocycles. The number of ether oxygens (including phenoxy) is 1. The summed E-state index contributed by atoms with van der Waals surface area (Å²) in [6.07, 6.45) is 5.21. The van der Waals surface area contributed by atoms with Crippen LogP contribution in [-0.4, -0.2) is 51.1 Å². The summed E-state index contributed by atoms with van der Waals surface area (Å²) in [4.78, 5) is 3.01. The van der Waals surface area contributed by atoms with Crippen molar-refractivity contribution in [3.63, 3.8) is 0 Å². The minimum atomic E-state index is -4.34. The van der Waals surface area contributed by atoms with Crippen molar-refractivity contribution in [1.29, 1.82) is 0 Å². The van der Waals surface area contributed by atoms with Crippen LogP contribution in [0.15, 0.2) is 76.2 Å². The number of hydrogen-bond donors (Lipinski definition) is 0. The first-order valence-electron chi connectivity index (χ1n) is 13.7. The number of aromatic nitrogens is 1. The Labute approximate surface area is 308 Å². The third kappa shape index (κ3) is 8.73. The second kappa shape index (κ2) is 15.1. The largest absolute Gasteiger partial charge is 1.00 e. The number of methoxy groups -OCH3 is 1. The number of thiazole rings is 1. The molecule has 0 spiro atoms. The Hall–Kier alpha value is -1.30. The third-order valence-electron chi connectivity index (χ3n) is 7.13. The fraction of sp³-hybridized carbons (Fsp3) is 0.300. The van der Waals surface area contributed by atoms with E-state index in [2.05, 4.69) is 28.9 Å². The van der Waals surface area contributed by atoms with E-state index in [0.717, 1.165) is 47.2 Å². The van der Waals surface area contributed by atoms with Crippen LogP contribution in [0.4, 0.5) is 5.69 Å². The van der Waals surface area contributed by atoms with Gasteiger partial charge in [-0.3, -0.25) is 0 Å². The van der Waals surface area contributed by atoms with Crippen molar-refractivity contribution >= 4 is 76.1 Å². The first-order valence-corrected chi connectivity index (χ1v) is 18.5. The van der Waals surface area contributed by atoms with Crippen molar-refractivity contribution in [3.8, 4) is 5.75 Å². The van der Waals surface area contributed by atoms with Crippen LogP contribution in [0, 0.1) is 0 Å². The van der Waals surface area contributed by atoms with Gasteiger partial charge in [-0.15, -0.1) is 0 Å². The number of allylic oxidation sites excluding steroid dienone is 2. The van der Waals surface area contributed by atoms with Gasteiger partial charge < -0.3 is 18.7 Å². The number of aryl methyl sites for hydroxylation is 1. The van der Waals surface area contributed by atoms with Gasteiger partial charge in [0.25, 0.3) is 5.01 Å². The molecule has 14 heteroatoms. The smallest absolute Gasteiger partial charge is 0.748 e. The van der Waals surface area contributed by atoms with Crippen molar-refractivity contribution in [1.82, 2.24) is 0 Å². The molecule has 3 aromatic carbocycles. The van der Waals surface area contributed by atoms with E-state index < -0.39 is 31.7 Å². The maximum absolute atomic E-state index is 11.4. The number of thioether (sulfide) groups is 1. The van der Waals surface area contributed by atoms with Crippen LogP contribution in [0.2, 0.25) is 0 Å². The molecule has 0 aliphatic carbocycles. The first-order chi connectivity index (χ1) is 20.5. The SMILES string of the molecule is CCC(/C=C1\Sc2ccc(OC)cc2N1CCCS(=O)(=O)[O-])=C\c1sc2ccc3ccccc3c2[n+]1CCCS(=O)(=O)[O-].[K+]. The first kappa shape index (κ1) is 35.5. The molecule has 5 rings (SSSR count). The van der Waals surface area contributed by atoms with Gasteiger partial charge in [0, 0.05) is 41.5 Å². The zero-order valence-electron chi connectivity index (χ0n) is 24.7. The van der Waals surface area contributed by atoms with Gasteiger partial charge in [-0.05, 0) is 54.1 Å². The topological polar surface area (TPSA) is 131 Å². The van der Waals surface area contributed by atoms with Gasteiger partial charge in [-0.1, -0.05) is 54.3 Å². The predicted octanol–water partition coefficient (Wildman–Crippen LogP) is 2.47. The van der Waals surface area contributed by atoms with Gasteiger partial charge in [0.1, 0.15) is 10.4 Å². The molecule has 0 saturated carbocycles. The minimum absolute atomic E-state index is 0. The van der Waals surface area contributed by atoms with Crippen molar-refractivity contribution in [3.05, 3.63) is 76.3 Å². The molecular formula is C30H31KN2O7S4. The maximum atomic E-state index is 11.4. The molecule has 1 aromatic heterocycles. The third-order valence-corrected chi connectivity index (χ3v) is 10.9. The van der Waals surface area contributed by atoms with E-state index in [0.29, 0.717) is 25.3 Å². The van der Waals surface area contributed by atoms with Gasteiger partial charge in [0.2, 0.25) is 5.52 Å². The van der Waals surface area contributed by atoms with Crippen LogP contribution in [0.3, 0.4) is 0 Å². The van der Waals surface area contributed by atoms with E-state index in [9.17, 15) is 25.9 Å². The second-order valence-electron chi connectivity index (χ2n) is 10.1. The molecule has 0 bridgehead atoms. The van der Waals surface area contributed by atoms with Crippen LogP contribution < -0.4 is 65.6 Å². The quantitative estimate of drug-likeness (QED) is 0.124. The zero-order chi connectivity index (χ0) is 30.8. The second-order valence-corrected chi connectivity index (χ2v) is 15.3. The standard InChI is InChI=1S/C30H32N2O7S4.K/c1-3-21(18-28-31(14-6-16-42(33,34)35)25-20-23(39-2)11-13-26(25)40-28)19-29-32(15-7-17-43(36,37)38)30-24-9-5-4-8-22(24)10-12-27(30)41-29;/h4-5,8-13,18-20H,3,6-7,14-17H2,1-2H3,(H-,33,34,35,36,37,38);/q;+1/p-1. The normalized spacial score (nSPS) is 14.8. The number of anilines is 1. The molecule has 0 radical (unpaired) electrons. The Balaban J connectivity index is 0.00000442. The summed E-state index contributed by atoms with van der Waals surface area (Å²) in [6, 6.07) is 17.9. The Morgan fingerprint density at radius 1 is 1.00 bits per heavy atom. The van der Waals surface area contributed by atoms with E-state index in [-0.39, 0.29) is 64.2 Å². The van der Waals surface area contributed by atoms with E-state index in [1.807, 2.05) is 54.3 Å². The molecule has 228 valence electrons. The zero-order valence-corrected chi connectivity index (χ0v) is 31.1. The summed E-state index contributed by atoms with van der Waals surface area (Å²) in [6.45, 7) is 2.75. The monoisotopic (exact) mass is 698 g/mol. The summed E-state index contributed by atoms with van der Waals surface area (Å²) >= 11 is 3.16. The molecular weight excluding hydrogens is 668 g/mol. The van der Waals surface area contributed by atoms with Crippen LogP contribution >= 0.6 is 23.1 Å². The summed E-state index contributed by atoms with van der Waals surface area (Å²) in [5.74, 6) is -0.221. The van der Waals surface area contributed by atoms with Gasteiger partial charge >= 0.3 is 51.4 Å². The fourth-order valence-corrected chi connectivity index (χ4v) is 8.40. The summed E-state index contributed by atoms with van der Waals surface area (Å²) < 4.78 is 76.6. The van der Waals surface area contributed by atoms with Crippen molar-refractivity contribution < 1.29 is 86.6 Å². The molecule has 0 N–H and O–H groups in total. The molecule has 0 atom stereocenters. The van der Waals surface area contributed by atoms with Crippen LogP contribution in [0.25, 0.3) is 27.1 Å². The molecule has 4 aromatic rings. The Morgan fingerprint density at radius 2 is 1.73 bits per heavy atom. The number of hydrogen-bond acceptors (Lipinski definition) is 10. The van der Waals surface area contributed by atoms with Gasteiger partial charge in [0.05, 0.1) is 43.4 Å². The number of nitrogens with zero attached hydrogens (tertiary/aromatic N) is 2. The van der Waals surface area contributed by atoms with Crippen molar-refractivity contribution in [2.75, 3.05) is 30.1 Å². The Morgan fingerprint density at radius 3 is 2.43 bits per heavy atom. The molecule has 1 aliphatic heterocycles. The van der Waals surface area contributed by atoms with Crippen LogP contribution in [0.5, 0.6) is 5.75 Å². The van der Waals surface area contributed by atoms with E-state index in [1.165, 1.54) is 0 Å². The summed E-state index contributed by atoms with van der Waals surface area (Å²) in [5, 5.41) is 3.94. The average molecular weight is 699 g/mol. The maximum Gasteiger partial charge on any atom is 1.00 e. The van der Waals surface area contributed by atoms with Crippen molar-refractivity contribution in [2.24, 2.45) is 0 Å². The number of rotatable bonds is 12. The molecule has 0 fully saturated rings. The molecule has 1 aliphatic rings. The number of fused-ring (bicyclic) bond motifs is 4. The van der Waals surface area contributed by atoms with Crippen LogP contribution in [0.1, 0.15) is 31.2 Å². The fourth-order valence-electron chi connectivity index (χ4n) is 5.11.